The van der Waals surface area contributed by atoms with Crippen LogP contribution in [-0.4, -0.2) is 40.0 Å². The number of amides is 1. The quantitative estimate of drug-likeness (QED) is 0.498. The molecule has 6 nitrogen and oxygen atoms in total. The third-order valence-corrected chi connectivity index (χ3v) is 7.45. The number of carbonyl (C=O) groups excluding carboxylic acids is 1. The van der Waals surface area contributed by atoms with E-state index >= 15 is 0 Å². The zero-order chi connectivity index (χ0) is 26.6. The normalized spacial score (nSPS) is 25.3. The van der Waals surface area contributed by atoms with E-state index < -0.39 is 53.0 Å². The Balaban J connectivity index is 1.61. The van der Waals surface area contributed by atoms with Crippen LogP contribution in [0.2, 0.25) is 0 Å². The van der Waals surface area contributed by atoms with Gasteiger partial charge in [0.25, 0.3) is 12.3 Å². The lowest BCUT2D eigenvalue weighted by Crippen LogP contribution is -2.39. The smallest absolute Gasteiger partial charge is 0.422 e. The number of nitrogens with two attached hydrogens (primary N) is 1. The van der Waals surface area contributed by atoms with Gasteiger partial charge in [-0.25, -0.2) is 22.5 Å². The van der Waals surface area contributed by atoms with Gasteiger partial charge in [0.15, 0.2) is 23.4 Å². The van der Waals surface area contributed by atoms with Crippen molar-refractivity contribution in [2.45, 2.75) is 43.2 Å². The van der Waals surface area contributed by atoms with Crippen molar-refractivity contribution in [3.8, 4) is 5.75 Å². The van der Waals surface area contributed by atoms with Crippen LogP contribution >= 0.6 is 11.8 Å². The number of pyridine rings is 1. The Hall–Kier alpha value is -3.03. The number of alkyl halides is 5. The molecular weight excluding hydrogens is 517 g/mol. The fourth-order valence-electron chi connectivity index (χ4n) is 4.36. The highest BCUT2D eigenvalue weighted by Gasteiger charge is 2.71. The third kappa shape index (κ3) is 4.70. The highest BCUT2D eigenvalue weighted by Crippen LogP contribution is 2.68. The summed E-state index contributed by atoms with van der Waals surface area (Å²) in [7, 11) is 0. The molecule has 3 atom stereocenters. The van der Waals surface area contributed by atoms with Gasteiger partial charge in [-0.1, -0.05) is 11.8 Å². The van der Waals surface area contributed by atoms with Gasteiger partial charge in [0.2, 0.25) is 0 Å². The van der Waals surface area contributed by atoms with E-state index in [1.807, 2.05) is 0 Å². The van der Waals surface area contributed by atoms with Crippen LogP contribution in [0.5, 0.6) is 5.75 Å². The second-order valence-electron chi connectivity index (χ2n) is 8.73. The number of carbonyl (C=O) groups is 1. The van der Waals surface area contributed by atoms with E-state index in [0.717, 1.165) is 12.3 Å². The van der Waals surface area contributed by atoms with Gasteiger partial charge < -0.3 is 15.8 Å². The van der Waals surface area contributed by atoms with Crippen LogP contribution < -0.4 is 15.8 Å². The van der Waals surface area contributed by atoms with E-state index in [9.17, 15) is 35.5 Å². The molecule has 36 heavy (non-hydrogen) atoms. The van der Waals surface area contributed by atoms with Gasteiger partial charge in [0.05, 0.1) is 16.5 Å². The van der Waals surface area contributed by atoms with E-state index in [-0.39, 0.29) is 39.8 Å². The molecule has 3 N–H and O–H groups in total. The first-order chi connectivity index (χ1) is 16.7. The lowest BCUT2D eigenvalue weighted by molar-refractivity contribution is -0.153. The fourth-order valence-corrected chi connectivity index (χ4v) is 5.69. The number of aromatic nitrogens is 1. The zero-order valence-corrected chi connectivity index (χ0v) is 19.5. The molecule has 1 aromatic carbocycles. The van der Waals surface area contributed by atoms with Crippen molar-refractivity contribution in [1.29, 1.82) is 0 Å². The number of nitrogens with one attached hydrogen (secondary N) is 1. The predicted molar refractivity (Wildman–Crippen MR) is 118 cm³/mol. The number of amidine groups is 1. The summed E-state index contributed by atoms with van der Waals surface area (Å²) in [5.74, 6) is -4.57. The summed E-state index contributed by atoms with van der Waals surface area (Å²) < 4.78 is 96.9. The number of benzene rings is 1. The number of halogens is 7. The number of hydrogen-bond acceptors (Lipinski definition) is 6. The fraction of sp³-hybridized carbons (Fsp3) is 0.409. The van der Waals surface area contributed by atoms with Gasteiger partial charge in [0.1, 0.15) is 11.4 Å². The molecule has 194 valence electrons. The van der Waals surface area contributed by atoms with Crippen molar-refractivity contribution in [3.05, 3.63) is 52.9 Å². The van der Waals surface area contributed by atoms with Crippen molar-refractivity contribution >= 4 is 28.5 Å². The number of ether oxygens (including phenoxy) is 1. The van der Waals surface area contributed by atoms with Crippen LogP contribution in [0.3, 0.4) is 0 Å². The summed E-state index contributed by atoms with van der Waals surface area (Å²) in [5.41, 5.74) is 3.54. The molecule has 0 spiro atoms. The first-order valence-corrected chi connectivity index (χ1v) is 11.3. The third-order valence-electron chi connectivity index (χ3n) is 6.14. The van der Waals surface area contributed by atoms with Crippen molar-refractivity contribution in [2.24, 2.45) is 16.6 Å². The largest absolute Gasteiger partial charge is 0.482 e. The minimum absolute atomic E-state index is 0.0143. The maximum absolute atomic E-state index is 14.9. The van der Waals surface area contributed by atoms with Crippen LogP contribution in [0.4, 0.5) is 36.4 Å². The van der Waals surface area contributed by atoms with Crippen LogP contribution in [0.1, 0.15) is 35.0 Å². The van der Waals surface area contributed by atoms with Crippen LogP contribution in [0, 0.1) is 24.5 Å². The van der Waals surface area contributed by atoms with Crippen molar-refractivity contribution in [3.63, 3.8) is 0 Å². The molecule has 0 unspecified atom stereocenters. The number of nitrogens with zero attached hydrogens (tertiary/aromatic N) is 2. The Kier molecular flexibility index (Phi) is 6.38. The summed E-state index contributed by atoms with van der Waals surface area (Å²) in [6.45, 7) is 1.23. The first-order valence-electron chi connectivity index (χ1n) is 10.5. The lowest BCUT2D eigenvalue weighted by Gasteiger charge is -2.34. The number of anilines is 1. The molecule has 0 bridgehead atoms. The average Bonchev–Trinajstić information content (AvgIpc) is 3.51. The Morgan fingerprint density at radius 2 is 2.00 bits per heavy atom. The van der Waals surface area contributed by atoms with Gasteiger partial charge >= 0.3 is 6.18 Å². The minimum Gasteiger partial charge on any atom is -0.482 e. The molecule has 14 heteroatoms. The minimum atomic E-state index is -4.56. The van der Waals surface area contributed by atoms with E-state index in [1.165, 1.54) is 19.9 Å². The Labute approximate surface area is 204 Å². The summed E-state index contributed by atoms with van der Waals surface area (Å²) >= 11 is 0.708. The van der Waals surface area contributed by atoms with Crippen molar-refractivity contribution < 1.29 is 40.3 Å². The monoisotopic (exact) mass is 536 g/mol. The second kappa shape index (κ2) is 8.82. The molecule has 2 aliphatic rings. The Bertz CT molecular complexity index is 1260. The number of aliphatic imine (C=N–C) groups is 1. The SMILES string of the molecule is Cc1cc(OCC(F)(F)F)cnc1C(=O)Nc1cc(F)c(F)c([C@]2(C)N=C(N)S[C@@]3(C(F)F)C[C@@H]23)c1. The predicted octanol–water partition coefficient (Wildman–Crippen LogP) is 5.16. The first kappa shape index (κ1) is 26.0. The summed E-state index contributed by atoms with van der Waals surface area (Å²) in [4.78, 5) is 20.7. The Morgan fingerprint density at radius 3 is 2.61 bits per heavy atom. The summed E-state index contributed by atoms with van der Waals surface area (Å²) in [6.07, 6.45) is -6.43. The molecule has 1 aliphatic carbocycles. The number of aryl methyl sites for hydroxylation is 1. The number of hydrogen-bond donors (Lipinski definition) is 2. The zero-order valence-electron chi connectivity index (χ0n) is 18.7. The highest BCUT2D eigenvalue weighted by atomic mass is 32.2. The van der Waals surface area contributed by atoms with E-state index in [2.05, 4.69) is 20.0 Å². The number of thioether (sulfide) groups is 1. The molecular formula is C22H19F7N4O2S. The number of fused-ring (bicyclic) bond motifs is 1. The van der Waals surface area contributed by atoms with Gasteiger partial charge in [-0.15, -0.1) is 0 Å². The molecule has 1 aromatic heterocycles. The van der Waals surface area contributed by atoms with E-state index in [1.54, 1.807) is 0 Å². The lowest BCUT2D eigenvalue weighted by atomic mass is 9.85. The summed E-state index contributed by atoms with van der Waals surface area (Å²) in [5, 5.41) is 2.16. The molecule has 0 saturated heterocycles. The average molecular weight is 536 g/mol. The van der Waals surface area contributed by atoms with Crippen LogP contribution in [0.15, 0.2) is 29.4 Å². The standard InChI is InChI=1S/C22H19F7N4O2S/c1-9-3-11(35-8-22(27,28)29)7-31-16(9)17(34)32-10-4-12(15(24)13(23)5-10)20(2)14-6-21(14,18(25)26)36-19(30)33-20/h3-5,7,14,18H,6,8H2,1-2H3,(H2,30,33)(H,32,34)/t14-,20-,21-/m0/s1. The van der Waals surface area contributed by atoms with Crippen molar-refractivity contribution in [1.82, 2.24) is 4.98 Å². The van der Waals surface area contributed by atoms with Gasteiger partial charge in [-0.3, -0.25) is 9.79 Å². The van der Waals surface area contributed by atoms with Crippen LogP contribution in [-0.2, 0) is 5.54 Å². The molecule has 2 aromatic rings. The van der Waals surface area contributed by atoms with Gasteiger partial charge in [-0.2, -0.15) is 13.2 Å². The molecule has 1 saturated carbocycles. The molecule has 4 rings (SSSR count). The molecule has 1 amide bonds. The van der Waals surface area contributed by atoms with E-state index in [4.69, 9.17) is 5.73 Å². The highest BCUT2D eigenvalue weighted by molar-refractivity contribution is 8.15. The molecule has 2 heterocycles. The number of rotatable bonds is 6. The molecule has 1 aliphatic heterocycles. The molecule has 1 fully saturated rings. The topological polar surface area (TPSA) is 89.6 Å². The van der Waals surface area contributed by atoms with Crippen molar-refractivity contribution in [2.75, 3.05) is 11.9 Å². The second-order valence-corrected chi connectivity index (χ2v) is 10.1. The van der Waals surface area contributed by atoms with E-state index in [0.29, 0.717) is 17.8 Å². The maximum Gasteiger partial charge on any atom is 0.422 e. The summed E-state index contributed by atoms with van der Waals surface area (Å²) in [6, 6.07) is 2.96. The van der Waals surface area contributed by atoms with Crippen LogP contribution in [0.25, 0.3) is 0 Å². The maximum atomic E-state index is 14.9. The van der Waals surface area contributed by atoms with Gasteiger partial charge in [0, 0.05) is 23.2 Å². The van der Waals surface area contributed by atoms with Gasteiger partial charge in [-0.05, 0) is 38.0 Å². The Morgan fingerprint density at radius 1 is 1.31 bits per heavy atom. The molecule has 0 radical (unpaired) electrons.